The summed E-state index contributed by atoms with van der Waals surface area (Å²) in [6.45, 7) is 5.24. The monoisotopic (exact) mass is 361 g/mol. The third kappa shape index (κ3) is 2.85. The second-order valence-electron chi connectivity index (χ2n) is 5.66. The minimum atomic E-state index is -4.29. The molecule has 0 aromatic rings. The zero-order valence-corrected chi connectivity index (χ0v) is 13.8. The molecular formula is C16H19BrF3N. The lowest BCUT2D eigenvalue weighted by Crippen LogP contribution is -2.39. The van der Waals surface area contributed by atoms with Gasteiger partial charge in [-0.3, -0.25) is 0 Å². The fourth-order valence-corrected chi connectivity index (χ4v) is 4.01. The minimum Gasteiger partial charge on any atom is -0.402 e. The molecule has 0 aliphatic heterocycles. The molecule has 4 atom stereocenters. The lowest BCUT2D eigenvalue weighted by atomic mass is 9.68. The number of allylic oxidation sites excluding steroid dienone is 8. The number of hydrogen-bond acceptors (Lipinski definition) is 1. The van der Waals surface area contributed by atoms with Crippen molar-refractivity contribution in [2.75, 3.05) is 0 Å². The fourth-order valence-electron chi connectivity index (χ4n) is 3.23. The van der Waals surface area contributed by atoms with E-state index in [1.807, 2.05) is 25.2 Å². The first-order valence-corrected chi connectivity index (χ1v) is 7.84. The van der Waals surface area contributed by atoms with Crippen LogP contribution in [0.15, 0.2) is 46.7 Å². The van der Waals surface area contributed by atoms with Crippen LogP contribution in [0.25, 0.3) is 0 Å². The van der Waals surface area contributed by atoms with E-state index >= 15 is 0 Å². The average Bonchev–Trinajstić information content (AvgIpc) is 2.39. The van der Waals surface area contributed by atoms with E-state index in [2.05, 4.69) is 15.9 Å². The summed E-state index contributed by atoms with van der Waals surface area (Å²) in [5, 5.41) is 0. The number of alkyl halides is 4. The fraction of sp³-hybridized carbons (Fsp3) is 0.500. The van der Waals surface area contributed by atoms with Gasteiger partial charge in [0.15, 0.2) is 0 Å². The van der Waals surface area contributed by atoms with Crippen LogP contribution in [0.1, 0.15) is 20.8 Å². The molecule has 0 heterocycles. The molecule has 0 amide bonds. The van der Waals surface area contributed by atoms with Crippen LogP contribution in [-0.4, -0.2) is 11.0 Å². The van der Waals surface area contributed by atoms with Crippen LogP contribution >= 0.6 is 15.9 Å². The Hall–Kier alpha value is -0.970. The number of halogens is 4. The first-order chi connectivity index (χ1) is 9.68. The van der Waals surface area contributed by atoms with E-state index in [0.29, 0.717) is 5.70 Å². The van der Waals surface area contributed by atoms with Crippen molar-refractivity contribution >= 4 is 15.9 Å². The number of hydrogen-bond donors (Lipinski definition) is 1. The van der Waals surface area contributed by atoms with E-state index in [1.54, 1.807) is 13.8 Å². The first-order valence-electron chi connectivity index (χ1n) is 6.92. The molecule has 5 heteroatoms. The summed E-state index contributed by atoms with van der Waals surface area (Å²) in [5.74, 6) is -0.843. The Morgan fingerprint density at radius 1 is 1.38 bits per heavy atom. The highest BCUT2D eigenvalue weighted by molar-refractivity contribution is 9.09. The molecule has 0 fully saturated rings. The van der Waals surface area contributed by atoms with Crippen molar-refractivity contribution in [2.45, 2.75) is 31.8 Å². The number of rotatable bonds is 0. The Morgan fingerprint density at radius 2 is 2.00 bits per heavy atom. The summed E-state index contributed by atoms with van der Waals surface area (Å²) in [7, 11) is 0. The van der Waals surface area contributed by atoms with Gasteiger partial charge >= 0.3 is 6.18 Å². The molecule has 21 heavy (non-hydrogen) atoms. The van der Waals surface area contributed by atoms with E-state index in [4.69, 9.17) is 5.73 Å². The molecule has 0 aromatic carbocycles. The summed E-state index contributed by atoms with van der Waals surface area (Å²) in [6.07, 6.45) is 2.86. The second kappa shape index (κ2) is 5.67. The van der Waals surface area contributed by atoms with Crippen LogP contribution in [0.3, 0.4) is 0 Å². The third-order valence-electron chi connectivity index (χ3n) is 4.33. The maximum absolute atomic E-state index is 13.2. The molecule has 2 aliphatic rings. The van der Waals surface area contributed by atoms with Crippen molar-refractivity contribution in [3.63, 3.8) is 0 Å². The molecule has 2 rings (SSSR count). The normalized spacial score (nSPS) is 37.3. The molecule has 0 spiro atoms. The summed E-state index contributed by atoms with van der Waals surface area (Å²) in [5.41, 5.74) is 7.76. The van der Waals surface area contributed by atoms with Gasteiger partial charge in [0.25, 0.3) is 0 Å². The highest BCUT2D eigenvalue weighted by atomic mass is 79.9. The highest BCUT2D eigenvalue weighted by Crippen LogP contribution is 2.49. The van der Waals surface area contributed by atoms with E-state index in [1.165, 1.54) is 6.08 Å². The first kappa shape index (κ1) is 16.4. The van der Waals surface area contributed by atoms with Gasteiger partial charge in [0, 0.05) is 27.9 Å². The van der Waals surface area contributed by atoms with Gasteiger partial charge in [0.2, 0.25) is 0 Å². The van der Waals surface area contributed by atoms with Crippen LogP contribution < -0.4 is 5.73 Å². The maximum Gasteiger partial charge on any atom is 0.412 e. The van der Waals surface area contributed by atoms with Gasteiger partial charge in [0.1, 0.15) is 0 Å². The third-order valence-corrected chi connectivity index (χ3v) is 5.73. The molecular weight excluding hydrogens is 343 g/mol. The minimum absolute atomic E-state index is 0.0143. The van der Waals surface area contributed by atoms with Gasteiger partial charge in [-0.25, -0.2) is 0 Å². The van der Waals surface area contributed by atoms with Crippen molar-refractivity contribution in [1.82, 2.24) is 0 Å². The van der Waals surface area contributed by atoms with Crippen molar-refractivity contribution < 1.29 is 13.2 Å². The predicted molar refractivity (Wildman–Crippen MR) is 82.8 cm³/mol. The zero-order valence-electron chi connectivity index (χ0n) is 12.2. The molecule has 0 saturated carbocycles. The lowest BCUT2D eigenvalue weighted by Gasteiger charge is -2.41. The largest absolute Gasteiger partial charge is 0.412 e. The molecule has 2 N–H and O–H groups in total. The van der Waals surface area contributed by atoms with Crippen molar-refractivity contribution in [1.29, 1.82) is 0 Å². The lowest BCUT2D eigenvalue weighted by molar-refractivity contribution is -0.100. The molecule has 116 valence electrons. The number of nitrogens with two attached hydrogens (primary N) is 1. The van der Waals surface area contributed by atoms with E-state index in [9.17, 15) is 13.2 Å². The van der Waals surface area contributed by atoms with E-state index in [-0.39, 0.29) is 16.7 Å². The molecule has 0 saturated heterocycles. The highest BCUT2D eigenvalue weighted by Gasteiger charge is 2.47. The zero-order chi connectivity index (χ0) is 15.9. The van der Waals surface area contributed by atoms with E-state index in [0.717, 1.165) is 11.1 Å². The average molecular weight is 362 g/mol. The molecule has 0 aromatic heterocycles. The summed E-state index contributed by atoms with van der Waals surface area (Å²) in [4.78, 5) is -0.241. The Balaban J connectivity index is 2.59. The Labute approximate surface area is 131 Å². The van der Waals surface area contributed by atoms with Gasteiger partial charge in [0.05, 0.1) is 0 Å². The molecule has 1 nitrogen and oxygen atoms in total. The summed E-state index contributed by atoms with van der Waals surface area (Å²) < 4.78 is 39.7. The standard InChI is InChI=1S/C16H19BrF3N/c1-4-10-11(9(3)21)5-6-12-13(10)7-14(16(18,19)20)8(2)15(12)17/h4-8,12-13,15H,21H2,1-3H3/b10-4?,11-9-. The molecule has 2 aliphatic carbocycles. The van der Waals surface area contributed by atoms with Crippen LogP contribution in [0, 0.1) is 17.8 Å². The van der Waals surface area contributed by atoms with Crippen LogP contribution in [0.5, 0.6) is 0 Å². The van der Waals surface area contributed by atoms with E-state index < -0.39 is 17.7 Å². The quantitative estimate of drug-likeness (QED) is 0.483. The molecule has 4 unspecified atom stereocenters. The van der Waals surface area contributed by atoms with Crippen molar-refractivity contribution in [2.24, 2.45) is 23.5 Å². The smallest absolute Gasteiger partial charge is 0.402 e. The van der Waals surface area contributed by atoms with Crippen LogP contribution in [-0.2, 0) is 0 Å². The van der Waals surface area contributed by atoms with Gasteiger partial charge in [-0.2, -0.15) is 13.2 Å². The number of fused-ring (bicyclic) bond motifs is 1. The topological polar surface area (TPSA) is 26.0 Å². The Bertz CT molecular complexity index is 550. The molecule has 0 bridgehead atoms. The van der Waals surface area contributed by atoms with Gasteiger partial charge in [-0.15, -0.1) is 0 Å². The van der Waals surface area contributed by atoms with Gasteiger partial charge in [-0.05, 0) is 30.9 Å². The maximum atomic E-state index is 13.2. The van der Waals surface area contributed by atoms with Crippen LogP contribution in [0.4, 0.5) is 13.2 Å². The summed E-state index contributed by atoms with van der Waals surface area (Å²) in [6, 6.07) is 0. The Morgan fingerprint density at radius 3 is 2.48 bits per heavy atom. The van der Waals surface area contributed by atoms with Gasteiger partial charge < -0.3 is 5.73 Å². The SMILES string of the molecule is CC=C1/C(=C(/C)N)C=CC2C1C=C(C(F)(F)F)C(C)C2Br. The predicted octanol–water partition coefficient (Wildman–Crippen LogP) is 4.87. The summed E-state index contributed by atoms with van der Waals surface area (Å²) >= 11 is 3.48. The Kier molecular flexibility index (Phi) is 4.43. The van der Waals surface area contributed by atoms with Gasteiger partial charge in [-0.1, -0.05) is 47.2 Å². The molecule has 0 radical (unpaired) electrons. The van der Waals surface area contributed by atoms with Crippen LogP contribution in [0.2, 0.25) is 0 Å². The van der Waals surface area contributed by atoms with Crippen molar-refractivity contribution in [3.05, 3.63) is 46.7 Å². The van der Waals surface area contributed by atoms with Crippen molar-refractivity contribution in [3.8, 4) is 0 Å². The second-order valence-corrected chi connectivity index (χ2v) is 6.71.